The van der Waals surface area contributed by atoms with E-state index in [4.69, 9.17) is 4.98 Å². The Bertz CT molecular complexity index is 1140. The van der Waals surface area contributed by atoms with Crippen LogP contribution in [0.3, 0.4) is 0 Å². The fraction of sp³-hybridized carbons (Fsp3) is 0.385. The summed E-state index contributed by atoms with van der Waals surface area (Å²) in [4.78, 5) is 23.0. The van der Waals surface area contributed by atoms with Crippen LogP contribution in [0.5, 0.6) is 0 Å². The fourth-order valence-electron chi connectivity index (χ4n) is 4.99. The number of hydrogen-bond acceptors (Lipinski definition) is 4. The van der Waals surface area contributed by atoms with Crippen LogP contribution < -0.4 is 10.5 Å². The lowest BCUT2D eigenvalue weighted by molar-refractivity contribution is 0.107. The summed E-state index contributed by atoms with van der Waals surface area (Å²) in [5.74, 6) is 0.373. The van der Waals surface area contributed by atoms with Crippen molar-refractivity contribution in [3.8, 4) is 0 Å². The molecule has 2 heterocycles. The van der Waals surface area contributed by atoms with Gasteiger partial charge in [0.25, 0.3) is 5.56 Å². The third kappa shape index (κ3) is 4.07. The van der Waals surface area contributed by atoms with Crippen molar-refractivity contribution in [1.29, 1.82) is 0 Å². The molecule has 5 rings (SSSR count). The predicted octanol–water partition coefficient (Wildman–Crippen LogP) is 4.98. The van der Waals surface area contributed by atoms with Crippen molar-refractivity contribution in [3.05, 3.63) is 87.6 Å². The van der Waals surface area contributed by atoms with Crippen LogP contribution in [0.4, 0.5) is 16.0 Å². The van der Waals surface area contributed by atoms with Crippen LogP contribution in [0.15, 0.2) is 59.4 Å². The van der Waals surface area contributed by atoms with Crippen LogP contribution in [0, 0.1) is 12.7 Å². The average molecular weight is 433 g/mol. The molecule has 0 radical (unpaired) electrons. The molecule has 3 aromatic rings. The molecular formula is C26H29FN4O. The van der Waals surface area contributed by atoms with Gasteiger partial charge in [-0.1, -0.05) is 49.6 Å². The molecule has 2 aromatic carbocycles. The van der Waals surface area contributed by atoms with Crippen molar-refractivity contribution >= 4 is 11.6 Å². The third-order valence-electron chi connectivity index (χ3n) is 6.79. The fourth-order valence-corrected chi connectivity index (χ4v) is 4.99. The molecule has 1 aromatic heterocycles. The van der Waals surface area contributed by atoms with Crippen LogP contribution in [-0.2, 0) is 13.1 Å². The first-order valence-electron chi connectivity index (χ1n) is 11.5. The number of nitrogens with zero attached hydrogens (tertiary/aromatic N) is 4. The van der Waals surface area contributed by atoms with E-state index in [1.807, 2.05) is 41.8 Å². The van der Waals surface area contributed by atoms with Gasteiger partial charge in [0.1, 0.15) is 5.82 Å². The Morgan fingerprint density at radius 2 is 1.69 bits per heavy atom. The summed E-state index contributed by atoms with van der Waals surface area (Å²) in [5.41, 5.74) is 3.46. The molecule has 0 unspecified atom stereocenters. The normalized spacial score (nSPS) is 17.4. The van der Waals surface area contributed by atoms with E-state index in [-0.39, 0.29) is 11.4 Å². The van der Waals surface area contributed by atoms with Gasteiger partial charge < -0.3 is 0 Å². The highest BCUT2D eigenvalue weighted by molar-refractivity contribution is 5.58. The SMILES string of the molecule is Cc1nc2n(c(=O)c1Cc1ccccc1)CN(C1CCCCC1)CN2c1ccc(F)cc1. The smallest absolute Gasteiger partial charge is 0.259 e. The zero-order valence-electron chi connectivity index (χ0n) is 18.5. The number of benzene rings is 2. The minimum absolute atomic E-state index is 0.0176. The van der Waals surface area contributed by atoms with Crippen molar-refractivity contribution in [2.75, 3.05) is 11.6 Å². The maximum Gasteiger partial charge on any atom is 0.259 e. The van der Waals surface area contributed by atoms with Crippen molar-refractivity contribution in [1.82, 2.24) is 14.5 Å². The van der Waals surface area contributed by atoms with E-state index < -0.39 is 0 Å². The van der Waals surface area contributed by atoms with Crippen molar-refractivity contribution in [2.45, 2.75) is 58.2 Å². The molecule has 1 aliphatic heterocycles. The molecule has 1 fully saturated rings. The van der Waals surface area contributed by atoms with E-state index in [1.54, 1.807) is 12.1 Å². The maximum atomic E-state index is 13.7. The second-order valence-electron chi connectivity index (χ2n) is 8.94. The molecule has 32 heavy (non-hydrogen) atoms. The van der Waals surface area contributed by atoms with Gasteiger partial charge in [0.15, 0.2) is 0 Å². The van der Waals surface area contributed by atoms with E-state index in [0.29, 0.717) is 31.7 Å². The summed E-state index contributed by atoms with van der Waals surface area (Å²) >= 11 is 0. The first kappa shape index (κ1) is 20.9. The minimum atomic E-state index is -0.269. The molecule has 0 N–H and O–H groups in total. The molecule has 166 valence electrons. The minimum Gasteiger partial charge on any atom is -0.298 e. The summed E-state index contributed by atoms with van der Waals surface area (Å²) in [7, 11) is 0. The van der Waals surface area contributed by atoms with Gasteiger partial charge >= 0.3 is 0 Å². The van der Waals surface area contributed by atoms with Gasteiger partial charge in [0.05, 0.1) is 19.0 Å². The number of anilines is 2. The zero-order chi connectivity index (χ0) is 22.1. The topological polar surface area (TPSA) is 41.4 Å². The molecule has 6 heteroatoms. The summed E-state index contributed by atoms with van der Waals surface area (Å²) < 4.78 is 15.4. The average Bonchev–Trinajstić information content (AvgIpc) is 2.83. The van der Waals surface area contributed by atoms with E-state index >= 15 is 0 Å². The molecule has 0 atom stereocenters. The molecule has 0 bridgehead atoms. The summed E-state index contributed by atoms with van der Waals surface area (Å²) in [6.07, 6.45) is 6.61. The second kappa shape index (κ2) is 8.87. The number of rotatable bonds is 4. The molecule has 0 spiro atoms. The molecule has 2 aliphatic rings. The monoisotopic (exact) mass is 432 g/mol. The summed E-state index contributed by atoms with van der Waals surface area (Å²) in [6, 6.07) is 17.0. The van der Waals surface area contributed by atoms with Crippen LogP contribution in [0.2, 0.25) is 0 Å². The van der Waals surface area contributed by atoms with Crippen LogP contribution in [-0.4, -0.2) is 27.2 Å². The highest BCUT2D eigenvalue weighted by Crippen LogP contribution is 2.32. The first-order valence-corrected chi connectivity index (χ1v) is 11.5. The van der Waals surface area contributed by atoms with E-state index in [1.165, 1.54) is 31.4 Å². The molecule has 0 amide bonds. The van der Waals surface area contributed by atoms with Gasteiger partial charge in [-0.3, -0.25) is 19.2 Å². The molecule has 0 saturated heterocycles. The molecular weight excluding hydrogens is 403 g/mol. The number of halogens is 1. The lowest BCUT2D eigenvalue weighted by Crippen LogP contribution is -2.52. The Morgan fingerprint density at radius 3 is 2.41 bits per heavy atom. The standard InChI is InChI=1S/C26H29FN4O/c1-19-24(16-20-8-4-2-5-9-20)25(32)31-18-29(22-10-6-3-7-11-22)17-30(26(31)28-19)23-14-12-21(27)13-15-23/h2,4-5,8-9,12-15,22H,3,6-7,10-11,16-18H2,1H3. The van der Waals surface area contributed by atoms with Crippen LogP contribution in [0.1, 0.15) is 48.9 Å². The quantitative estimate of drug-likeness (QED) is 0.583. The van der Waals surface area contributed by atoms with E-state index in [9.17, 15) is 9.18 Å². The van der Waals surface area contributed by atoms with Crippen LogP contribution >= 0.6 is 0 Å². The van der Waals surface area contributed by atoms with Crippen LogP contribution in [0.25, 0.3) is 0 Å². The van der Waals surface area contributed by atoms with Gasteiger partial charge in [-0.15, -0.1) is 0 Å². The van der Waals surface area contributed by atoms with Crippen molar-refractivity contribution < 1.29 is 4.39 Å². The number of aromatic nitrogens is 2. The predicted molar refractivity (Wildman–Crippen MR) is 125 cm³/mol. The van der Waals surface area contributed by atoms with Gasteiger partial charge in [-0.2, -0.15) is 0 Å². The largest absolute Gasteiger partial charge is 0.298 e. The van der Waals surface area contributed by atoms with E-state index in [2.05, 4.69) is 9.80 Å². The van der Waals surface area contributed by atoms with Gasteiger partial charge in [0.2, 0.25) is 5.95 Å². The Kier molecular flexibility index (Phi) is 5.79. The first-order chi connectivity index (χ1) is 15.6. The van der Waals surface area contributed by atoms with Gasteiger partial charge in [-0.25, -0.2) is 9.37 Å². The highest BCUT2D eigenvalue weighted by Gasteiger charge is 2.32. The van der Waals surface area contributed by atoms with Gasteiger partial charge in [0, 0.05) is 23.7 Å². The summed E-state index contributed by atoms with van der Waals surface area (Å²) in [6.45, 7) is 3.11. The molecule has 1 saturated carbocycles. The number of hydrogen-bond donors (Lipinski definition) is 0. The Labute approximate surface area is 188 Å². The molecule has 1 aliphatic carbocycles. The maximum absolute atomic E-state index is 13.7. The van der Waals surface area contributed by atoms with Crippen molar-refractivity contribution in [3.63, 3.8) is 0 Å². The highest BCUT2D eigenvalue weighted by atomic mass is 19.1. The number of aryl methyl sites for hydroxylation is 1. The lowest BCUT2D eigenvalue weighted by atomic mass is 9.94. The Balaban J connectivity index is 1.58. The summed E-state index contributed by atoms with van der Waals surface area (Å²) in [5, 5.41) is 0. The van der Waals surface area contributed by atoms with Crippen molar-refractivity contribution in [2.24, 2.45) is 0 Å². The zero-order valence-corrected chi connectivity index (χ0v) is 18.5. The van der Waals surface area contributed by atoms with E-state index in [0.717, 1.165) is 35.3 Å². The Hall–Kier alpha value is -2.99. The number of fused-ring (bicyclic) bond motifs is 1. The lowest BCUT2D eigenvalue weighted by Gasteiger charge is -2.43. The molecule has 5 nitrogen and oxygen atoms in total. The Morgan fingerprint density at radius 1 is 0.969 bits per heavy atom. The second-order valence-corrected chi connectivity index (χ2v) is 8.94. The van der Waals surface area contributed by atoms with Gasteiger partial charge in [-0.05, 0) is 49.6 Å². The third-order valence-corrected chi connectivity index (χ3v) is 6.79.